The van der Waals surface area contributed by atoms with Gasteiger partial charge in [0.15, 0.2) is 0 Å². The van der Waals surface area contributed by atoms with Crippen LogP contribution in [0.1, 0.15) is 17.3 Å². The first-order valence-corrected chi connectivity index (χ1v) is 8.84. The maximum absolute atomic E-state index is 12.6. The van der Waals surface area contributed by atoms with Gasteiger partial charge in [0, 0.05) is 5.69 Å². The highest BCUT2D eigenvalue weighted by atomic mass is 32.2. The first-order valence-electron chi connectivity index (χ1n) is 7.35. The van der Waals surface area contributed by atoms with E-state index in [-0.39, 0.29) is 21.3 Å². The van der Waals surface area contributed by atoms with E-state index in [9.17, 15) is 18.0 Å². The zero-order chi connectivity index (χ0) is 18.6. The predicted octanol–water partition coefficient (Wildman–Crippen LogP) is 1.59. The second-order valence-corrected chi connectivity index (χ2v) is 7.27. The maximum Gasteiger partial charge on any atom is 0.337 e. The van der Waals surface area contributed by atoms with E-state index < -0.39 is 21.8 Å². The number of benzene rings is 2. The largest absolute Gasteiger partial charge is 0.465 e. The summed E-state index contributed by atoms with van der Waals surface area (Å²) in [5.74, 6) is -0.910. The third-order valence-electron chi connectivity index (χ3n) is 3.43. The van der Waals surface area contributed by atoms with E-state index in [0.717, 1.165) is 0 Å². The average molecular weight is 362 g/mol. The van der Waals surface area contributed by atoms with Crippen molar-refractivity contribution in [1.29, 1.82) is 0 Å². The van der Waals surface area contributed by atoms with E-state index >= 15 is 0 Å². The lowest BCUT2D eigenvalue weighted by atomic mass is 10.2. The van der Waals surface area contributed by atoms with Crippen molar-refractivity contribution in [2.45, 2.75) is 22.8 Å². The molecule has 0 bridgehead atoms. The van der Waals surface area contributed by atoms with Crippen molar-refractivity contribution in [2.24, 2.45) is 5.73 Å². The van der Waals surface area contributed by atoms with Gasteiger partial charge in [-0.25, -0.2) is 13.2 Å². The van der Waals surface area contributed by atoms with Crippen LogP contribution in [0.5, 0.6) is 0 Å². The second-order valence-electron chi connectivity index (χ2n) is 5.32. The van der Waals surface area contributed by atoms with Gasteiger partial charge in [-0.05, 0) is 55.5 Å². The lowest BCUT2D eigenvalue weighted by Crippen LogP contribution is -2.32. The summed E-state index contributed by atoms with van der Waals surface area (Å²) in [5, 5.41) is 2.58. The third-order valence-corrected chi connectivity index (χ3v) is 5.22. The molecule has 3 N–H and O–H groups in total. The van der Waals surface area contributed by atoms with Crippen LogP contribution in [0.15, 0.2) is 58.3 Å². The molecule has 25 heavy (non-hydrogen) atoms. The van der Waals surface area contributed by atoms with Crippen molar-refractivity contribution in [3.63, 3.8) is 0 Å². The van der Waals surface area contributed by atoms with E-state index in [4.69, 9.17) is 5.73 Å². The van der Waals surface area contributed by atoms with Crippen molar-refractivity contribution in [2.75, 3.05) is 12.4 Å². The standard InChI is InChI=1S/C17H18N2O5S/c1-11(18)16(20)19-13-5-9-15(10-6-13)25(22,23)14-7-3-12(4-8-14)17(21)24-2/h3-11H,18H2,1-2H3,(H,19,20). The van der Waals surface area contributed by atoms with E-state index in [0.29, 0.717) is 5.69 Å². The molecule has 2 rings (SSSR count). The van der Waals surface area contributed by atoms with E-state index in [1.165, 1.54) is 55.6 Å². The summed E-state index contributed by atoms with van der Waals surface area (Å²) in [6.07, 6.45) is 0. The molecule has 0 aliphatic heterocycles. The van der Waals surface area contributed by atoms with Crippen LogP contribution in [0.4, 0.5) is 5.69 Å². The van der Waals surface area contributed by atoms with Crippen molar-refractivity contribution in [1.82, 2.24) is 0 Å². The van der Waals surface area contributed by atoms with Crippen LogP contribution in [0.2, 0.25) is 0 Å². The second kappa shape index (κ2) is 7.45. The van der Waals surface area contributed by atoms with Crippen molar-refractivity contribution < 1.29 is 22.7 Å². The lowest BCUT2D eigenvalue weighted by Gasteiger charge is -2.09. The molecule has 0 saturated heterocycles. The summed E-state index contributed by atoms with van der Waals surface area (Å²) in [7, 11) is -2.49. The van der Waals surface area contributed by atoms with Crippen molar-refractivity contribution in [3.8, 4) is 0 Å². The van der Waals surface area contributed by atoms with Crippen LogP contribution in [0.3, 0.4) is 0 Å². The van der Waals surface area contributed by atoms with Gasteiger partial charge in [0.25, 0.3) is 0 Å². The molecule has 0 spiro atoms. The smallest absolute Gasteiger partial charge is 0.337 e. The topological polar surface area (TPSA) is 116 Å². The highest BCUT2D eigenvalue weighted by Gasteiger charge is 2.18. The van der Waals surface area contributed by atoms with Crippen LogP contribution in [0.25, 0.3) is 0 Å². The number of hydrogen-bond donors (Lipinski definition) is 2. The average Bonchev–Trinajstić information content (AvgIpc) is 2.61. The van der Waals surface area contributed by atoms with Gasteiger partial charge in [0.2, 0.25) is 15.7 Å². The van der Waals surface area contributed by atoms with E-state index in [1.807, 2.05) is 0 Å². The molecular weight excluding hydrogens is 344 g/mol. The van der Waals surface area contributed by atoms with Crippen LogP contribution >= 0.6 is 0 Å². The Bertz CT molecular complexity index is 872. The van der Waals surface area contributed by atoms with Gasteiger partial charge >= 0.3 is 5.97 Å². The number of carbonyl (C=O) groups excluding carboxylic acids is 2. The Morgan fingerprint density at radius 1 is 1.00 bits per heavy atom. The van der Waals surface area contributed by atoms with Gasteiger partial charge in [-0.3, -0.25) is 4.79 Å². The number of sulfone groups is 1. The molecule has 0 aliphatic carbocycles. The number of hydrogen-bond acceptors (Lipinski definition) is 6. The molecule has 0 radical (unpaired) electrons. The maximum atomic E-state index is 12.6. The molecule has 0 heterocycles. The number of carbonyl (C=O) groups is 2. The third kappa shape index (κ3) is 4.23. The number of rotatable bonds is 5. The number of ether oxygens (including phenoxy) is 1. The minimum Gasteiger partial charge on any atom is -0.465 e. The quantitative estimate of drug-likeness (QED) is 0.781. The number of anilines is 1. The molecule has 7 nitrogen and oxygen atoms in total. The fourth-order valence-corrected chi connectivity index (χ4v) is 3.26. The Balaban J connectivity index is 2.24. The SMILES string of the molecule is COC(=O)c1ccc(S(=O)(=O)c2ccc(NC(=O)C(C)N)cc2)cc1. The van der Waals surface area contributed by atoms with E-state index in [1.54, 1.807) is 6.92 Å². The number of amides is 1. The van der Waals surface area contributed by atoms with Gasteiger partial charge in [0.1, 0.15) is 0 Å². The molecule has 2 aromatic rings. The monoisotopic (exact) mass is 362 g/mol. The molecule has 0 aromatic heterocycles. The highest BCUT2D eigenvalue weighted by molar-refractivity contribution is 7.91. The first kappa shape index (κ1) is 18.6. The zero-order valence-corrected chi connectivity index (χ0v) is 14.5. The van der Waals surface area contributed by atoms with Gasteiger partial charge < -0.3 is 15.8 Å². The minimum absolute atomic E-state index is 0.0486. The molecule has 0 aliphatic rings. The summed E-state index contributed by atoms with van der Waals surface area (Å²) in [6, 6.07) is 10.5. The first-order chi connectivity index (χ1) is 11.8. The van der Waals surface area contributed by atoms with Gasteiger partial charge in [-0.1, -0.05) is 0 Å². The molecule has 132 valence electrons. The number of nitrogens with one attached hydrogen (secondary N) is 1. The number of esters is 1. The summed E-state index contributed by atoms with van der Waals surface area (Å²) >= 11 is 0. The normalized spacial score (nSPS) is 12.3. The predicted molar refractivity (Wildman–Crippen MR) is 92.0 cm³/mol. The van der Waals surface area contributed by atoms with E-state index in [2.05, 4.69) is 10.1 Å². The molecule has 2 aromatic carbocycles. The minimum atomic E-state index is -3.74. The van der Waals surface area contributed by atoms with Crippen LogP contribution in [-0.2, 0) is 19.4 Å². The Kier molecular flexibility index (Phi) is 5.55. The van der Waals surface area contributed by atoms with Crippen LogP contribution in [-0.4, -0.2) is 33.4 Å². The van der Waals surface area contributed by atoms with Crippen LogP contribution in [0, 0.1) is 0 Å². The highest BCUT2D eigenvalue weighted by Crippen LogP contribution is 2.23. The summed E-state index contributed by atoms with van der Waals surface area (Å²) in [4.78, 5) is 23.1. The van der Waals surface area contributed by atoms with Gasteiger partial charge in [0.05, 0.1) is 28.5 Å². The van der Waals surface area contributed by atoms with Crippen molar-refractivity contribution >= 4 is 27.4 Å². The molecule has 1 atom stereocenters. The Morgan fingerprint density at radius 3 is 1.92 bits per heavy atom. The molecule has 1 unspecified atom stereocenters. The van der Waals surface area contributed by atoms with Gasteiger partial charge in [-0.15, -0.1) is 0 Å². The number of nitrogens with two attached hydrogens (primary N) is 1. The Morgan fingerprint density at radius 2 is 1.48 bits per heavy atom. The zero-order valence-electron chi connectivity index (χ0n) is 13.7. The summed E-state index contributed by atoms with van der Waals surface area (Å²) in [6.45, 7) is 1.55. The molecule has 8 heteroatoms. The lowest BCUT2D eigenvalue weighted by molar-refractivity contribution is -0.117. The number of methoxy groups -OCH3 is 1. The van der Waals surface area contributed by atoms with Crippen molar-refractivity contribution in [3.05, 3.63) is 54.1 Å². The molecule has 0 saturated carbocycles. The molecular formula is C17H18N2O5S. The van der Waals surface area contributed by atoms with Crippen LogP contribution < -0.4 is 11.1 Å². The summed E-state index contributed by atoms with van der Waals surface area (Å²) in [5.41, 5.74) is 6.17. The Labute approximate surface area is 145 Å². The fourth-order valence-electron chi connectivity index (χ4n) is 2.00. The molecule has 0 fully saturated rings. The fraction of sp³-hybridized carbons (Fsp3) is 0.176. The molecule has 1 amide bonds. The van der Waals surface area contributed by atoms with Gasteiger partial charge in [-0.2, -0.15) is 0 Å². The summed E-state index contributed by atoms with van der Waals surface area (Å²) < 4.78 is 29.8. The Hall–Kier alpha value is -2.71.